The van der Waals surface area contributed by atoms with E-state index in [0.29, 0.717) is 11.4 Å². The van der Waals surface area contributed by atoms with Crippen molar-refractivity contribution in [3.63, 3.8) is 0 Å². The summed E-state index contributed by atoms with van der Waals surface area (Å²) in [4.78, 5) is 38.5. The lowest BCUT2D eigenvalue weighted by Gasteiger charge is -2.19. The van der Waals surface area contributed by atoms with Crippen molar-refractivity contribution in [1.29, 1.82) is 0 Å². The van der Waals surface area contributed by atoms with Crippen LogP contribution in [-0.4, -0.2) is 31.3 Å². The highest BCUT2D eigenvalue weighted by atomic mass is 16.5. The molecule has 0 aromatic heterocycles. The van der Waals surface area contributed by atoms with Gasteiger partial charge in [-0.25, -0.2) is 0 Å². The highest BCUT2D eigenvalue weighted by Crippen LogP contribution is 2.32. The van der Waals surface area contributed by atoms with E-state index in [1.165, 1.54) is 18.1 Å². The molecule has 0 unspecified atom stereocenters. The molecule has 0 fully saturated rings. The molecule has 2 aromatic rings. The van der Waals surface area contributed by atoms with Crippen molar-refractivity contribution in [3.05, 3.63) is 53.1 Å². The summed E-state index contributed by atoms with van der Waals surface area (Å²) < 4.78 is 5.11. The lowest BCUT2D eigenvalue weighted by molar-refractivity contribution is -0.118. The number of hydrogen-bond acceptors (Lipinski definition) is 4. The summed E-state index contributed by atoms with van der Waals surface area (Å²) in [5.41, 5.74) is 3.56. The Hall–Kier alpha value is -3.15. The third kappa shape index (κ3) is 3.43. The normalized spacial score (nSPS) is 12.9. The molecule has 0 radical (unpaired) electrons. The molecule has 0 atom stereocenters. The Balaban J connectivity index is 1.84. The number of aryl methyl sites for hydroxylation is 2. The van der Waals surface area contributed by atoms with Gasteiger partial charge in [-0.05, 0) is 42.2 Å². The zero-order chi connectivity index (χ0) is 19.6. The maximum Gasteiger partial charge on any atom is 0.299 e. The third-order valence-electron chi connectivity index (χ3n) is 4.74. The first-order chi connectivity index (χ1) is 13.0. The van der Waals surface area contributed by atoms with Gasteiger partial charge in [-0.15, -0.1) is 0 Å². The fourth-order valence-corrected chi connectivity index (χ4v) is 3.29. The number of ketones is 1. The largest absolute Gasteiger partial charge is 0.497 e. The first kappa shape index (κ1) is 18.6. The van der Waals surface area contributed by atoms with Crippen LogP contribution in [0.25, 0.3) is 0 Å². The monoisotopic (exact) mass is 366 g/mol. The minimum Gasteiger partial charge on any atom is -0.497 e. The van der Waals surface area contributed by atoms with Crippen LogP contribution in [0.15, 0.2) is 36.4 Å². The second-order valence-corrected chi connectivity index (χ2v) is 6.31. The van der Waals surface area contributed by atoms with E-state index >= 15 is 0 Å². The number of carbonyl (C=O) groups is 3. The van der Waals surface area contributed by atoms with Crippen LogP contribution in [-0.2, 0) is 22.4 Å². The molecule has 1 heterocycles. The van der Waals surface area contributed by atoms with Crippen LogP contribution < -0.4 is 15.0 Å². The fourth-order valence-electron chi connectivity index (χ4n) is 3.29. The van der Waals surface area contributed by atoms with Gasteiger partial charge in [0.05, 0.1) is 18.4 Å². The van der Waals surface area contributed by atoms with E-state index in [1.54, 1.807) is 12.1 Å². The van der Waals surface area contributed by atoms with E-state index in [2.05, 4.69) is 5.32 Å². The molecular formula is C21H22N2O4. The van der Waals surface area contributed by atoms with Gasteiger partial charge in [0, 0.05) is 5.69 Å². The van der Waals surface area contributed by atoms with Crippen LogP contribution in [0, 0.1) is 0 Å². The number of rotatable bonds is 6. The second kappa shape index (κ2) is 7.61. The first-order valence-corrected chi connectivity index (χ1v) is 8.95. The predicted octanol–water partition coefficient (Wildman–Crippen LogP) is 2.99. The summed E-state index contributed by atoms with van der Waals surface area (Å²) >= 11 is 0. The van der Waals surface area contributed by atoms with Crippen molar-refractivity contribution in [2.45, 2.75) is 26.7 Å². The number of para-hydroxylation sites is 1. The van der Waals surface area contributed by atoms with Crippen molar-refractivity contribution in [3.8, 4) is 5.75 Å². The molecule has 1 N–H and O–H groups in total. The van der Waals surface area contributed by atoms with Crippen LogP contribution >= 0.6 is 0 Å². The summed E-state index contributed by atoms with van der Waals surface area (Å²) in [7, 11) is 1.49. The van der Waals surface area contributed by atoms with E-state index in [0.717, 1.165) is 29.7 Å². The lowest BCUT2D eigenvalue weighted by Crippen LogP contribution is -2.37. The molecule has 2 aromatic carbocycles. The number of benzene rings is 2. The van der Waals surface area contributed by atoms with Gasteiger partial charge in [-0.2, -0.15) is 0 Å². The number of carbonyl (C=O) groups excluding carboxylic acids is 3. The van der Waals surface area contributed by atoms with Crippen molar-refractivity contribution in [2.24, 2.45) is 0 Å². The summed E-state index contributed by atoms with van der Waals surface area (Å²) in [5.74, 6) is -1.17. The van der Waals surface area contributed by atoms with Crippen LogP contribution in [0.1, 0.15) is 35.3 Å². The van der Waals surface area contributed by atoms with Gasteiger partial charge in [0.25, 0.3) is 11.7 Å². The molecule has 3 rings (SSSR count). The number of methoxy groups -OCH3 is 1. The SMILES string of the molecule is CCc1cccc(CC)c1NC(=O)CN1C(=O)C(=O)c2cc(OC)ccc21. The van der Waals surface area contributed by atoms with Gasteiger partial charge in [-0.1, -0.05) is 32.0 Å². The molecule has 0 aliphatic carbocycles. The van der Waals surface area contributed by atoms with Gasteiger partial charge in [0.1, 0.15) is 12.3 Å². The Labute approximate surface area is 158 Å². The van der Waals surface area contributed by atoms with Gasteiger partial charge in [-0.3, -0.25) is 19.3 Å². The molecule has 6 nitrogen and oxygen atoms in total. The van der Waals surface area contributed by atoms with Gasteiger partial charge in [0.2, 0.25) is 5.91 Å². The van der Waals surface area contributed by atoms with E-state index in [4.69, 9.17) is 4.74 Å². The van der Waals surface area contributed by atoms with Gasteiger partial charge >= 0.3 is 0 Å². The predicted molar refractivity (Wildman–Crippen MR) is 104 cm³/mol. The molecule has 2 amide bonds. The first-order valence-electron chi connectivity index (χ1n) is 8.95. The van der Waals surface area contributed by atoms with E-state index < -0.39 is 11.7 Å². The highest BCUT2D eigenvalue weighted by molar-refractivity contribution is 6.52. The standard InChI is InChI=1S/C21H22N2O4/c1-4-13-7-6-8-14(5-2)19(13)22-18(24)12-23-17-10-9-15(27-3)11-16(17)20(25)21(23)26/h6-11H,4-5,12H2,1-3H3,(H,22,24). The smallest absolute Gasteiger partial charge is 0.299 e. The molecule has 140 valence electrons. The van der Waals surface area contributed by atoms with Crippen molar-refractivity contribution >= 4 is 29.0 Å². The summed E-state index contributed by atoms with van der Waals surface area (Å²) in [6, 6.07) is 10.7. The number of anilines is 2. The zero-order valence-electron chi connectivity index (χ0n) is 15.7. The molecule has 1 aliphatic heterocycles. The number of amides is 2. The molecule has 1 aliphatic rings. The molecule has 6 heteroatoms. The Morgan fingerprint density at radius 1 is 1.07 bits per heavy atom. The molecule has 0 saturated carbocycles. The third-order valence-corrected chi connectivity index (χ3v) is 4.74. The topological polar surface area (TPSA) is 75.7 Å². The van der Waals surface area contributed by atoms with Crippen LogP contribution in [0.2, 0.25) is 0 Å². The average Bonchev–Trinajstić information content (AvgIpc) is 2.92. The second-order valence-electron chi connectivity index (χ2n) is 6.31. The Kier molecular flexibility index (Phi) is 5.26. The summed E-state index contributed by atoms with van der Waals surface area (Å²) in [6.45, 7) is 3.83. The minimum absolute atomic E-state index is 0.217. The summed E-state index contributed by atoms with van der Waals surface area (Å²) in [5, 5.41) is 2.93. The lowest BCUT2D eigenvalue weighted by atomic mass is 10.0. The maximum atomic E-state index is 12.6. The zero-order valence-corrected chi connectivity index (χ0v) is 15.7. The van der Waals surface area contributed by atoms with E-state index in [-0.39, 0.29) is 18.0 Å². The highest BCUT2D eigenvalue weighted by Gasteiger charge is 2.37. The molecule has 0 bridgehead atoms. The molecule has 0 saturated heterocycles. The minimum atomic E-state index is -0.701. The summed E-state index contributed by atoms with van der Waals surface area (Å²) in [6.07, 6.45) is 1.57. The average molecular weight is 366 g/mol. The van der Waals surface area contributed by atoms with Crippen molar-refractivity contribution < 1.29 is 19.1 Å². The Bertz CT molecular complexity index is 898. The van der Waals surface area contributed by atoms with Crippen molar-refractivity contribution in [1.82, 2.24) is 0 Å². The van der Waals surface area contributed by atoms with Crippen LogP contribution in [0.4, 0.5) is 11.4 Å². The Morgan fingerprint density at radius 3 is 2.33 bits per heavy atom. The molecule has 0 spiro atoms. The molecular weight excluding hydrogens is 344 g/mol. The van der Waals surface area contributed by atoms with Crippen LogP contribution in [0.5, 0.6) is 5.75 Å². The number of fused-ring (bicyclic) bond motifs is 1. The molecule has 27 heavy (non-hydrogen) atoms. The van der Waals surface area contributed by atoms with Crippen molar-refractivity contribution in [2.75, 3.05) is 23.9 Å². The van der Waals surface area contributed by atoms with Crippen LogP contribution in [0.3, 0.4) is 0 Å². The Morgan fingerprint density at radius 2 is 1.74 bits per heavy atom. The number of Topliss-reactive ketones (excluding diaryl/α,β-unsaturated/α-hetero) is 1. The number of hydrogen-bond donors (Lipinski definition) is 1. The van der Waals surface area contributed by atoms with E-state index in [1.807, 2.05) is 32.0 Å². The van der Waals surface area contributed by atoms with Gasteiger partial charge in [0.15, 0.2) is 0 Å². The quantitative estimate of drug-likeness (QED) is 0.798. The fraction of sp³-hybridized carbons (Fsp3) is 0.286. The van der Waals surface area contributed by atoms with Gasteiger partial charge < -0.3 is 10.1 Å². The van der Waals surface area contributed by atoms with E-state index in [9.17, 15) is 14.4 Å². The number of nitrogens with zero attached hydrogens (tertiary/aromatic N) is 1. The number of nitrogens with one attached hydrogen (secondary N) is 1. The number of ether oxygens (including phenoxy) is 1. The maximum absolute atomic E-state index is 12.6.